The lowest BCUT2D eigenvalue weighted by Gasteiger charge is -2.12. The molecule has 0 bridgehead atoms. The van der Waals surface area contributed by atoms with Gasteiger partial charge >= 0.3 is 0 Å². The number of hydrogen-bond acceptors (Lipinski definition) is 5. The van der Waals surface area contributed by atoms with E-state index in [1.807, 2.05) is 6.92 Å². The zero-order valence-corrected chi connectivity index (χ0v) is 16.4. The number of pyridine rings is 1. The van der Waals surface area contributed by atoms with Gasteiger partial charge in [0.15, 0.2) is 5.82 Å². The molecule has 0 saturated heterocycles. The van der Waals surface area contributed by atoms with Crippen LogP contribution in [-0.4, -0.2) is 25.2 Å². The highest BCUT2D eigenvalue weighted by Crippen LogP contribution is 2.18. The van der Waals surface area contributed by atoms with Crippen LogP contribution in [0.4, 0.5) is 4.39 Å². The normalized spacial score (nSPS) is 13.0. The van der Waals surface area contributed by atoms with E-state index in [0.717, 1.165) is 18.4 Å². The van der Waals surface area contributed by atoms with E-state index in [2.05, 4.69) is 21.8 Å². The third-order valence-corrected chi connectivity index (χ3v) is 3.77. The Kier molecular flexibility index (Phi) is 6.96. The number of imidazole rings is 1. The minimum atomic E-state index is -1.12. The number of aliphatic hydroxyl groups is 1. The quantitative estimate of drug-likeness (QED) is 0.404. The summed E-state index contributed by atoms with van der Waals surface area (Å²) in [6, 6.07) is 4.56. The monoisotopic (exact) mass is 383 g/mol. The van der Waals surface area contributed by atoms with Gasteiger partial charge in [-0.25, -0.2) is 9.97 Å². The molecule has 0 atom stereocenters. The molecule has 2 rings (SSSR count). The van der Waals surface area contributed by atoms with Crippen LogP contribution in [0.3, 0.4) is 0 Å². The van der Waals surface area contributed by atoms with Crippen molar-refractivity contribution in [2.75, 3.05) is 0 Å². The van der Waals surface area contributed by atoms with Crippen molar-refractivity contribution in [3.63, 3.8) is 0 Å². The van der Waals surface area contributed by atoms with Gasteiger partial charge in [-0.05, 0) is 50.0 Å². The summed E-state index contributed by atoms with van der Waals surface area (Å²) in [4.78, 5) is 8.15. The Morgan fingerprint density at radius 3 is 2.75 bits per heavy atom. The van der Waals surface area contributed by atoms with E-state index in [0.29, 0.717) is 29.5 Å². The van der Waals surface area contributed by atoms with E-state index >= 15 is 0 Å². The molecule has 28 heavy (non-hydrogen) atoms. The Morgan fingerprint density at radius 1 is 1.36 bits per heavy atom. The smallest absolute Gasteiger partial charge is 0.213 e. The molecule has 2 aromatic rings. The molecular formula is C21H26FN5O. The average Bonchev–Trinajstić information content (AvgIpc) is 3.07. The first kappa shape index (κ1) is 21.2. The number of hydrogen-bond donors (Lipinski definition) is 3. The van der Waals surface area contributed by atoms with E-state index in [-0.39, 0.29) is 0 Å². The fraction of sp³-hybridized carbons (Fsp3) is 0.333. The Bertz CT molecular complexity index is 941. The van der Waals surface area contributed by atoms with E-state index in [1.165, 1.54) is 6.07 Å². The fourth-order valence-corrected chi connectivity index (χ4v) is 2.53. The first-order valence-electron chi connectivity index (χ1n) is 9.04. The van der Waals surface area contributed by atoms with Crippen LogP contribution in [0, 0.1) is 17.8 Å². The van der Waals surface area contributed by atoms with Crippen LogP contribution in [-0.2, 0) is 6.54 Å². The van der Waals surface area contributed by atoms with Gasteiger partial charge in [-0.1, -0.05) is 25.3 Å². The highest BCUT2D eigenvalue weighted by Gasteiger charge is 2.11. The molecule has 2 heterocycles. The fourth-order valence-electron chi connectivity index (χ4n) is 2.53. The van der Waals surface area contributed by atoms with Gasteiger partial charge in [-0.3, -0.25) is 0 Å². The highest BCUT2D eigenvalue weighted by molar-refractivity contribution is 5.49. The Labute approximate surface area is 164 Å². The van der Waals surface area contributed by atoms with E-state index in [4.69, 9.17) is 11.5 Å². The maximum atomic E-state index is 13.4. The van der Waals surface area contributed by atoms with Gasteiger partial charge < -0.3 is 21.1 Å². The Hall–Kier alpha value is -3.11. The summed E-state index contributed by atoms with van der Waals surface area (Å²) < 4.78 is 15.3. The van der Waals surface area contributed by atoms with Crippen molar-refractivity contribution < 1.29 is 9.50 Å². The summed E-state index contributed by atoms with van der Waals surface area (Å²) in [5.41, 5.74) is 13.4. The molecule has 0 amide bonds. The van der Waals surface area contributed by atoms with Crippen LogP contribution in [0.25, 0.3) is 11.5 Å². The lowest BCUT2D eigenvalue weighted by atomic mass is 10.1. The molecule has 0 radical (unpaired) electrons. The zero-order chi connectivity index (χ0) is 20.7. The van der Waals surface area contributed by atoms with Gasteiger partial charge in [-0.2, -0.15) is 4.39 Å². The van der Waals surface area contributed by atoms with Crippen molar-refractivity contribution in [1.29, 1.82) is 0 Å². The average molecular weight is 383 g/mol. The van der Waals surface area contributed by atoms with Gasteiger partial charge in [0.25, 0.3) is 0 Å². The van der Waals surface area contributed by atoms with Gasteiger partial charge in [0.05, 0.1) is 12.2 Å². The van der Waals surface area contributed by atoms with Gasteiger partial charge in [0, 0.05) is 18.1 Å². The van der Waals surface area contributed by atoms with Crippen molar-refractivity contribution in [2.45, 2.75) is 45.8 Å². The lowest BCUT2D eigenvalue weighted by molar-refractivity contribution is 0.143. The van der Waals surface area contributed by atoms with Gasteiger partial charge in [-0.15, -0.1) is 0 Å². The Morgan fingerprint density at radius 2 is 2.11 bits per heavy atom. The van der Waals surface area contributed by atoms with Crippen LogP contribution in [0.5, 0.6) is 0 Å². The first-order chi connectivity index (χ1) is 13.2. The number of rotatable bonds is 6. The van der Waals surface area contributed by atoms with Gasteiger partial charge in [0.2, 0.25) is 5.95 Å². The molecule has 6 nitrogen and oxygen atoms in total. The largest absolute Gasteiger partial charge is 0.400 e. The van der Waals surface area contributed by atoms with Crippen LogP contribution in [0.15, 0.2) is 53.6 Å². The zero-order valence-electron chi connectivity index (χ0n) is 16.4. The number of halogens is 1. The molecule has 0 fully saturated rings. The van der Waals surface area contributed by atoms with Gasteiger partial charge in [0.1, 0.15) is 11.3 Å². The third-order valence-electron chi connectivity index (χ3n) is 3.77. The van der Waals surface area contributed by atoms with E-state index in [1.54, 1.807) is 49.0 Å². The summed E-state index contributed by atoms with van der Waals surface area (Å²) in [5.74, 6) is 5.39. The minimum absolute atomic E-state index is 0.325. The molecule has 5 N–H and O–H groups in total. The second-order valence-electron chi connectivity index (χ2n) is 6.93. The predicted octanol–water partition coefficient (Wildman–Crippen LogP) is 2.71. The first-order valence-corrected chi connectivity index (χ1v) is 9.04. The van der Waals surface area contributed by atoms with Crippen LogP contribution < -0.4 is 11.5 Å². The SMILES string of the molecule is CCCC(/C=C(\N)C#CC(C)(C)O)=C(/N)Cn1ccnc1-c1cccc(F)n1. The topological polar surface area (TPSA) is 103 Å². The maximum absolute atomic E-state index is 13.4. The molecule has 0 aromatic carbocycles. The molecule has 0 aliphatic carbocycles. The van der Waals surface area contributed by atoms with Crippen LogP contribution in [0.2, 0.25) is 0 Å². The second kappa shape index (κ2) is 9.20. The number of nitrogens with zero attached hydrogens (tertiary/aromatic N) is 3. The van der Waals surface area contributed by atoms with E-state index < -0.39 is 11.5 Å². The molecule has 0 aliphatic heterocycles. The standard InChI is InChI=1S/C21H26FN5O/c1-4-6-15(13-16(23)9-10-21(2,3)28)17(24)14-27-12-11-25-20(27)18-7-5-8-19(22)26-18/h5,7-8,11-13,28H,4,6,14,23-24H2,1-3H3/b16-13-,17-15-. The van der Waals surface area contributed by atoms with Crippen molar-refractivity contribution in [1.82, 2.24) is 14.5 Å². The number of nitrogens with two attached hydrogens (primary N) is 2. The van der Waals surface area contributed by atoms with Crippen LogP contribution in [0.1, 0.15) is 33.6 Å². The molecule has 0 spiro atoms. The summed E-state index contributed by atoms with van der Waals surface area (Å²) in [7, 11) is 0. The van der Waals surface area contributed by atoms with Crippen molar-refractivity contribution >= 4 is 0 Å². The van der Waals surface area contributed by atoms with Crippen molar-refractivity contribution in [3.8, 4) is 23.4 Å². The molecule has 0 unspecified atom stereocenters. The number of aromatic nitrogens is 3. The molecule has 0 saturated carbocycles. The molecule has 7 heteroatoms. The van der Waals surface area contributed by atoms with Crippen LogP contribution >= 0.6 is 0 Å². The third kappa shape index (κ3) is 6.25. The summed E-state index contributed by atoms with van der Waals surface area (Å²) in [6.45, 7) is 5.57. The van der Waals surface area contributed by atoms with Crippen molar-refractivity contribution in [3.05, 3.63) is 59.6 Å². The molecule has 0 aliphatic rings. The summed E-state index contributed by atoms with van der Waals surface area (Å²) >= 11 is 0. The summed E-state index contributed by atoms with van der Waals surface area (Å²) in [5, 5.41) is 9.71. The van der Waals surface area contributed by atoms with Crippen molar-refractivity contribution in [2.24, 2.45) is 11.5 Å². The Balaban J connectivity index is 2.33. The number of allylic oxidation sites excluding steroid dienone is 4. The molecule has 148 valence electrons. The highest BCUT2D eigenvalue weighted by atomic mass is 19.1. The lowest BCUT2D eigenvalue weighted by Crippen LogP contribution is -2.15. The molecular weight excluding hydrogens is 357 g/mol. The minimum Gasteiger partial charge on any atom is -0.400 e. The maximum Gasteiger partial charge on any atom is 0.213 e. The molecule has 2 aromatic heterocycles. The summed E-state index contributed by atoms with van der Waals surface area (Å²) in [6.07, 6.45) is 6.71. The predicted molar refractivity (Wildman–Crippen MR) is 108 cm³/mol. The van der Waals surface area contributed by atoms with E-state index in [9.17, 15) is 9.50 Å². The second-order valence-corrected chi connectivity index (χ2v) is 6.93.